The number of fused-ring (bicyclic) bond motifs is 1. The van der Waals surface area contributed by atoms with Gasteiger partial charge >= 0.3 is 0 Å². The van der Waals surface area contributed by atoms with E-state index in [-0.39, 0.29) is 0 Å². The molecular formula is C13H23NO. The van der Waals surface area contributed by atoms with Crippen molar-refractivity contribution < 1.29 is 4.79 Å². The highest BCUT2D eigenvalue weighted by Crippen LogP contribution is 2.36. The first-order valence-corrected chi connectivity index (χ1v) is 6.50. The molecule has 1 saturated heterocycles. The van der Waals surface area contributed by atoms with Crippen molar-refractivity contribution in [3.63, 3.8) is 0 Å². The molecule has 15 heavy (non-hydrogen) atoms. The number of hydrogen-bond donors (Lipinski definition) is 0. The molecule has 0 aromatic carbocycles. The van der Waals surface area contributed by atoms with Crippen molar-refractivity contribution in [1.29, 1.82) is 0 Å². The second kappa shape index (κ2) is 4.54. The van der Waals surface area contributed by atoms with E-state index in [1.165, 1.54) is 32.1 Å². The second-order valence-corrected chi connectivity index (χ2v) is 5.42. The van der Waals surface area contributed by atoms with Gasteiger partial charge in [0.15, 0.2) is 0 Å². The molecule has 0 aromatic heterocycles. The summed E-state index contributed by atoms with van der Waals surface area (Å²) in [6, 6.07) is 0.390. The molecule has 0 radical (unpaired) electrons. The Morgan fingerprint density at radius 1 is 1.13 bits per heavy atom. The van der Waals surface area contributed by atoms with Crippen LogP contribution >= 0.6 is 0 Å². The molecular weight excluding hydrogens is 186 g/mol. The van der Waals surface area contributed by atoms with Crippen molar-refractivity contribution in [2.24, 2.45) is 11.8 Å². The van der Waals surface area contributed by atoms with Gasteiger partial charge in [-0.3, -0.25) is 4.79 Å². The van der Waals surface area contributed by atoms with E-state index < -0.39 is 0 Å². The first-order valence-electron chi connectivity index (χ1n) is 6.50. The van der Waals surface area contributed by atoms with Crippen LogP contribution in [0, 0.1) is 11.8 Å². The monoisotopic (exact) mass is 209 g/mol. The second-order valence-electron chi connectivity index (χ2n) is 5.42. The van der Waals surface area contributed by atoms with E-state index in [9.17, 15) is 4.79 Å². The van der Waals surface area contributed by atoms with Gasteiger partial charge in [-0.15, -0.1) is 0 Å². The molecule has 86 valence electrons. The van der Waals surface area contributed by atoms with E-state index in [0.717, 1.165) is 13.0 Å². The van der Waals surface area contributed by atoms with Gasteiger partial charge in [0.1, 0.15) is 0 Å². The van der Waals surface area contributed by atoms with Crippen LogP contribution in [0.5, 0.6) is 0 Å². The molecule has 0 aromatic rings. The molecule has 2 fully saturated rings. The van der Waals surface area contributed by atoms with E-state index in [2.05, 4.69) is 18.7 Å². The normalized spacial score (nSPS) is 32.7. The summed E-state index contributed by atoms with van der Waals surface area (Å²) in [5.74, 6) is 1.52. The first-order chi connectivity index (χ1) is 7.20. The molecule has 2 aliphatic rings. The first kappa shape index (κ1) is 11.0. The fraction of sp³-hybridized carbons (Fsp3) is 0.923. The average Bonchev–Trinajstić information content (AvgIpc) is 2.43. The third-order valence-corrected chi connectivity index (χ3v) is 4.12. The molecule has 2 unspecified atom stereocenters. The van der Waals surface area contributed by atoms with Crippen molar-refractivity contribution in [2.75, 3.05) is 6.54 Å². The fourth-order valence-electron chi connectivity index (χ4n) is 3.20. The number of likely N-dealkylation sites (tertiary alicyclic amines) is 1. The van der Waals surface area contributed by atoms with E-state index >= 15 is 0 Å². The summed E-state index contributed by atoms with van der Waals surface area (Å²) in [4.78, 5) is 14.4. The summed E-state index contributed by atoms with van der Waals surface area (Å²) >= 11 is 0. The number of piperidine rings is 1. The predicted octanol–water partition coefficient (Wildman–Crippen LogP) is 2.82. The molecule has 1 amide bonds. The molecule has 2 atom stereocenters. The largest absolute Gasteiger partial charge is 0.340 e. The average molecular weight is 209 g/mol. The Morgan fingerprint density at radius 3 is 2.60 bits per heavy atom. The van der Waals surface area contributed by atoms with Crippen LogP contribution in [0.3, 0.4) is 0 Å². The van der Waals surface area contributed by atoms with Gasteiger partial charge in [-0.25, -0.2) is 0 Å². The summed E-state index contributed by atoms with van der Waals surface area (Å²) in [6.07, 6.45) is 7.63. The lowest BCUT2D eigenvalue weighted by atomic mass is 9.81. The number of hydrogen-bond acceptors (Lipinski definition) is 1. The highest BCUT2D eigenvalue weighted by Gasteiger charge is 2.37. The van der Waals surface area contributed by atoms with E-state index in [0.29, 0.717) is 23.8 Å². The fourth-order valence-corrected chi connectivity index (χ4v) is 3.20. The lowest BCUT2D eigenvalue weighted by Crippen LogP contribution is -2.48. The maximum absolute atomic E-state index is 12.3. The molecule has 0 N–H and O–H groups in total. The molecule has 1 saturated carbocycles. The van der Waals surface area contributed by atoms with Crippen LogP contribution in [-0.2, 0) is 4.79 Å². The predicted molar refractivity (Wildman–Crippen MR) is 61.5 cm³/mol. The smallest absolute Gasteiger partial charge is 0.226 e. The molecule has 0 spiro atoms. The van der Waals surface area contributed by atoms with Crippen molar-refractivity contribution in [2.45, 2.75) is 58.4 Å². The zero-order valence-corrected chi connectivity index (χ0v) is 10.0. The number of carbonyl (C=O) groups is 1. The highest BCUT2D eigenvalue weighted by atomic mass is 16.2. The Kier molecular flexibility index (Phi) is 3.32. The van der Waals surface area contributed by atoms with Gasteiger partial charge in [0.05, 0.1) is 0 Å². The lowest BCUT2D eigenvalue weighted by molar-refractivity contribution is -0.143. The van der Waals surface area contributed by atoms with Crippen LogP contribution in [0.1, 0.15) is 52.4 Å². The summed E-state index contributed by atoms with van der Waals surface area (Å²) in [5, 5.41) is 0. The molecule has 0 bridgehead atoms. The maximum atomic E-state index is 12.3. The molecule has 1 aliphatic carbocycles. The molecule has 2 nitrogen and oxygen atoms in total. The van der Waals surface area contributed by atoms with Gasteiger partial charge in [0.25, 0.3) is 0 Å². The Morgan fingerprint density at radius 2 is 1.87 bits per heavy atom. The van der Waals surface area contributed by atoms with Crippen LogP contribution in [0.2, 0.25) is 0 Å². The van der Waals surface area contributed by atoms with Crippen LogP contribution in [0.4, 0.5) is 0 Å². The van der Waals surface area contributed by atoms with Crippen LogP contribution in [0.25, 0.3) is 0 Å². The molecule has 1 aliphatic heterocycles. The minimum Gasteiger partial charge on any atom is -0.340 e. The Bertz CT molecular complexity index is 237. The number of amides is 1. The van der Waals surface area contributed by atoms with E-state index in [4.69, 9.17) is 0 Å². The van der Waals surface area contributed by atoms with Crippen molar-refractivity contribution in [3.8, 4) is 0 Å². The summed E-state index contributed by atoms with van der Waals surface area (Å²) in [7, 11) is 0. The van der Waals surface area contributed by atoms with Gasteiger partial charge in [0.2, 0.25) is 5.91 Å². The number of carbonyl (C=O) groups excluding carboxylic acids is 1. The number of rotatable bonds is 1. The van der Waals surface area contributed by atoms with Gasteiger partial charge < -0.3 is 4.90 Å². The highest BCUT2D eigenvalue weighted by molar-refractivity contribution is 5.80. The van der Waals surface area contributed by atoms with Crippen molar-refractivity contribution in [1.82, 2.24) is 4.90 Å². The maximum Gasteiger partial charge on any atom is 0.226 e. The molecule has 2 rings (SSSR count). The van der Waals surface area contributed by atoms with Crippen molar-refractivity contribution >= 4 is 5.91 Å². The Labute approximate surface area is 93.0 Å². The van der Waals surface area contributed by atoms with E-state index in [1.54, 1.807) is 0 Å². The zero-order valence-electron chi connectivity index (χ0n) is 10.0. The van der Waals surface area contributed by atoms with Crippen LogP contribution in [-0.4, -0.2) is 23.4 Å². The van der Waals surface area contributed by atoms with Gasteiger partial charge in [-0.2, -0.15) is 0 Å². The minimum atomic E-state index is 0.364. The van der Waals surface area contributed by atoms with Crippen molar-refractivity contribution in [3.05, 3.63) is 0 Å². The topological polar surface area (TPSA) is 20.3 Å². The minimum absolute atomic E-state index is 0.364. The molecule has 1 heterocycles. The van der Waals surface area contributed by atoms with Gasteiger partial charge in [-0.1, -0.05) is 19.3 Å². The quantitative estimate of drug-likeness (QED) is 0.650. The van der Waals surface area contributed by atoms with E-state index in [1.807, 2.05) is 0 Å². The van der Waals surface area contributed by atoms with Crippen LogP contribution in [0.15, 0.2) is 0 Å². The third kappa shape index (κ3) is 2.19. The summed E-state index contributed by atoms with van der Waals surface area (Å²) < 4.78 is 0. The van der Waals surface area contributed by atoms with Gasteiger partial charge in [-0.05, 0) is 39.0 Å². The lowest BCUT2D eigenvalue weighted by Gasteiger charge is -2.39. The molecule has 2 heteroatoms. The SMILES string of the molecule is CC(C)N1CCC2CCCCCC2C1=O. The van der Waals surface area contributed by atoms with Crippen LogP contribution < -0.4 is 0 Å². The Balaban J connectivity index is 2.08. The number of nitrogens with zero attached hydrogens (tertiary/aromatic N) is 1. The standard InChI is InChI=1S/C13H23NO/c1-10(2)14-9-8-11-6-4-3-5-7-12(11)13(14)15/h10-12H,3-9H2,1-2H3. The summed E-state index contributed by atoms with van der Waals surface area (Å²) in [5.41, 5.74) is 0. The zero-order chi connectivity index (χ0) is 10.8. The Hall–Kier alpha value is -0.530. The third-order valence-electron chi connectivity index (χ3n) is 4.12. The van der Waals surface area contributed by atoms with Gasteiger partial charge in [0, 0.05) is 18.5 Å². The summed E-state index contributed by atoms with van der Waals surface area (Å²) in [6.45, 7) is 5.27.